The number of benzene rings is 3. The van der Waals surface area contributed by atoms with Gasteiger partial charge in [-0.2, -0.15) is 5.10 Å². The number of fused-ring (bicyclic) bond motifs is 2. The Hall–Kier alpha value is -2.38. The van der Waals surface area contributed by atoms with Crippen molar-refractivity contribution in [2.75, 3.05) is 18.0 Å². The second kappa shape index (κ2) is 9.67. The molecule has 1 aliphatic carbocycles. The first-order valence-corrected chi connectivity index (χ1v) is 15.0. The van der Waals surface area contributed by atoms with Crippen LogP contribution in [0.4, 0.5) is 5.69 Å². The summed E-state index contributed by atoms with van der Waals surface area (Å²) in [6.45, 7) is 7.99. The molecular weight excluding hydrogens is 535 g/mol. The van der Waals surface area contributed by atoms with Crippen LogP contribution in [-0.2, 0) is 17.4 Å². The van der Waals surface area contributed by atoms with Gasteiger partial charge in [-0.25, -0.2) is 13.6 Å². The van der Waals surface area contributed by atoms with Crippen molar-refractivity contribution in [3.8, 4) is 5.69 Å². The summed E-state index contributed by atoms with van der Waals surface area (Å²) >= 11 is 12.7. The SMILES string of the molecule is CC(C)(C)S(=O)N[C@@H]1c2ccccc2CC12CCN(c1ccc3cn(-c4cccc(Cl)c4Cl)nc3c1)CC2. The minimum absolute atomic E-state index is 0.0656. The highest BCUT2D eigenvalue weighted by atomic mass is 35.5. The molecule has 2 atom stereocenters. The Morgan fingerprint density at radius 1 is 1.03 bits per heavy atom. The zero-order chi connectivity index (χ0) is 26.7. The first kappa shape index (κ1) is 25.9. The fourth-order valence-electron chi connectivity index (χ4n) is 5.93. The molecule has 1 fully saturated rings. The van der Waals surface area contributed by atoms with Crippen LogP contribution in [0.3, 0.4) is 0 Å². The molecule has 1 spiro atoms. The Kier molecular flexibility index (Phi) is 6.58. The van der Waals surface area contributed by atoms with Crippen molar-refractivity contribution in [1.82, 2.24) is 14.5 Å². The molecule has 2 heterocycles. The van der Waals surface area contributed by atoms with Gasteiger partial charge in [0.25, 0.3) is 0 Å². The van der Waals surface area contributed by atoms with E-state index in [1.54, 1.807) is 10.7 Å². The van der Waals surface area contributed by atoms with Gasteiger partial charge in [-0.3, -0.25) is 0 Å². The van der Waals surface area contributed by atoms with E-state index in [1.165, 1.54) is 16.8 Å². The summed E-state index contributed by atoms with van der Waals surface area (Å²) in [7, 11) is -1.13. The number of nitrogens with zero attached hydrogens (tertiary/aromatic N) is 3. The molecule has 2 aliphatic rings. The van der Waals surface area contributed by atoms with Crippen molar-refractivity contribution in [3.05, 3.63) is 88.0 Å². The van der Waals surface area contributed by atoms with Crippen molar-refractivity contribution >= 4 is 50.8 Å². The molecule has 38 heavy (non-hydrogen) atoms. The van der Waals surface area contributed by atoms with Crippen molar-refractivity contribution in [2.24, 2.45) is 5.41 Å². The third kappa shape index (κ3) is 4.56. The molecule has 0 bridgehead atoms. The lowest BCUT2D eigenvalue weighted by Crippen LogP contribution is -2.47. The Labute approximate surface area is 236 Å². The Morgan fingerprint density at radius 2 is 1.79 bits per heavy atom. The summed E-state index contributed by atoms with van der Waals surface area (Å²) < 4.78 is 18.2. The lowest BCUT2D eigenvalue weighted by atomic mass is 9.73. The molecule has 1 aromatic heterocycles. The molecule has 1 saturated heterocycles. The molecule has 3 aromatic carbocycles. The van der Waals surface area contributed by atoms with Gasteiger partial charge in [0.1, 0.15) is 0 Å². The summed E-state index contributed by atoms with van der Waals surface area (Å²) in [4.78, 5) is 2.46. The molecule has 4 aromatic rings. The smallest absolute Gasteiger partial charge is 0.0976 e. The van der Waals surface area contributed by atoms with Gasteiger partial charge in [0.2, 0.25) is 0 Å². The van der Waals surface area contributed by atoms with Crippen LogP contribution in [0.25, 0.3) is 16.6 Å². The molecule has 0 amide bonds. The third-order valence-electron chi connectivity index (χ3n) is 8.10. The van der Waals surface area contributed by atoms with Crippen LogP contribution >= 0.6 is 23.2 Å². The fourth-order valence-corrected chi connectivity index (χ4v) is 7.26. The number of hydrogen-bond acceptors (Lipinski definition) is 3. The van der Waals surface area contributed by atoms with Crippen LogP contribution in [0.2, 0.25) is 10.0 Å². The average Bonchev–Trinajstić information content (AvgIpc) is 3.44. The first-order chi connectivity index (χ1) is 18.1. The van der Waals surface area contributed by atoms with Crippen molar-refractivity contribution in [3.63, 3.8) is 0 Å². The Morgan fingerprint density at radius 3 is 2.55 bits per heavy atom. The lowest BCUT2D eigenvalue weighted by molar-refractivity contribution is 0.177. The van der Waals surface area contributed by atoms with E-state index >= 15 is 0 Å². The molecule has 5 nitrogen and oxygen atoms in total. The van der Waals surface area contributed by atoms with Gasteiger partial charge < -0.3 is 4.90 Å². The number of piperidine rings is 1. The van der Waals surface area contributed by atoms with Crippen LogP contribution in [-0.4, -0.2) is 31.8 Å². The van der Waals surface area contributed by atoms with E-state index in [9.17, 15) is 4.21 Å². The van der Waals surface area contributed by atoms with Crippen LogP contribution in [0.1, 0.15) is 50.8 Å². The minimum atomic E-state index is -1.13. The van der Waals surface area contributed by atoms with Crippen molar-refractivity contribution in [2.45, 2.75) is 50.8 Å². The van der Waals surface area contributed by atoms with Crippen LogP contribution in [0.15, 0.2) is 66.9 Å². The predicted molar refractivity (Wildman–Crippen MR) is 159 cm³/mol. The maximum atomic E-state index is 13.2. The molecule has 0 saturated carbocycles. The van der Waals surface area contributed by atoms with Crippen LogP contribution < -0.4 is 9.62 Å². The van der Waals surface area contributed by atoms with E-state index in [4.69, 9.17) is 28.3 Å². The van der Waals surface area contributed by atoms with Crippen LogP contribution in [0.5, 0.6) is 0 Å². The minimum Gasteiger partial charge on any atom is -0.371 e. The third-order valence-corrected chi connectivity index (χ3v) is 10.5. The van der Waals surface area contributed by atoms with E-state index in [0.29, 0.717) is 10.0 Å². The summed E-state index contributed by atoms with van der Waals surface area (Å²) in [5.41, 5.74) is 5.63. The number of nitrogens with one attached hydrogen (secondary N) is 1. The van der Waals surface area contributed by atoms with Gasteiger partial charge in [-0.05, 0) is 86.9 Å². The van der Waals surface area contributed by atoms with Gasteiger partial charge in [0.05, 0.1) is 43.0 Å². The quantitative estimate of drug-likeness (QED) is 0.282. The molecule has 8 heteroatoms. The number of halogens is 2. The molecular formula is C30H32Cl2N4OS. The second-order valence-electron chi connectivity index (χ2n) is 11.5. The highest BCUT2D eigenvalue weighted by molar-refractivity contribution is 7.84. The highest BCUT2D eigenvalue weighted by Crippen LogP contribution is 2.52. The maximum absolute atomic E-state index is 13.2. The van der Waals surface area contributed by atoms with E-state index in [0.717, 1.165) is 48.9 Å². The molecule has 1 N–H and O–H groups in total. The lowest BCUT2D eigenvalue weighted by Gasteiger charge is -2.44. The maximum Gasteiger partial charge on any atom is 0.0976 e. The van der Waals surface area contributed by atoms with Gasteiger partial charge in [0, 0.05) is 30.4 Å². The zero-order valence-corrected chi connectivity index (χ0v) is 24.2. The summed E-state index contributed by atoms with van der Waals surface area (Å²) in [6, 6.07) is 20.8. The van der Waals surface area contributed by atoms with E-state index in [-0.39, 0.29) is 16.2 Å². The number of anilines is 1. The number of rotatable bonds is 4. The standard InChI is InChI=1S/C30H32Cl2N4OS/c1-29(2,3)38(37)34-28-23-8-5-4-7-20(23)18-30(28)13-15-35(16-14-30)22-12-11-21-19-36(33-25(21)17-22)26-10-6-9-24(31)27(26)32/h4-12,17,19,28,34H,13-16,18H2,1-3H3/t28-,38?/m1/s1. The Balaban J connectivity index is 1.24. The molecule has 6 rings (SSSR count). The molecule has 0 radical (unpaired) electrons. The van der Waals surface area contributed by atoms with E-state index < -0.39 is 11.0 Å². The predicted octanol–water partition coefficient (Wildman–Crippen LogP) is 7.27. The first-order valence-electron chi connectivity index (χ1n) is 13.1. The van der Waals surface area contributed by atoms with Gasteiger partial charge in [-0.1, -0.05) is 53.5 Å². The summed E-state index contributed by atoms with van der Waals surface area (Å²) in [5, 5.41) is 6.87. The van der Waals surface area contributed by atoms with Gasteiger partial charge in [-0.15, -0.1) is 0 Å². The fraction of sp³-hybridized carbons (Fsp3) is 0.367. The van der Waals surface area contributed by atoms with Crippen molar-refractivity contribution in [1.29, 1.82) is 0 Å². The largest absolute Gasteiger partial charge is 0.371 e. The normalized spacial score (nSPS) is 19.7. The number of hydrogen-bond donors (Lipinski definition) is 1. The van der Waals surface area contributed by atoms with Crippen molar-refractivity contribution < 1.29 is 4.21 Å². The van der Waals surface area contributed by atoms with Gasteiger partial charge in [0.15, 0.2) is 0 Å². The summed E-state index contributed by atoms with van der Waals surface area (Å²) in [6.07, 6.45) is 5.08. The molecule has 1 aliphatic heterocycles. The van der Waals surface area contributed by atoms with Crippen LogP contribution in [0, 0.1) is 5.41 Å². The second-order valence-corrected chi connectivity index (χ2v) is 14.3. The molecule has 198 valence electrons. The molecule has 1 unspecified atom stereocenters. The zero-order valence-electron chi connectivity index (χ0n) is 21.9. The average molecular weight is 568 g/mol. The van der Waals surface area contributed by atoms with E-state index in [1.807, 2.05) is 39.1 Å². The number of aromatic nitrogens is 2. The van der Waals surface area contributed by atoms with E-state index in [2.05, 4.69) is 52.1 Å². The highest BCUT2D eigenvalue weighted by Gasteiger charge is 2.48. The van der Waals surface area contributed by atoms with Gasteiger partial charge >= 0.3 is 0 Å². The topological polar surface area (TPSA) is 50.2 Å². The Bertz CT molecular complexity index is 1540. The summed E-state index contributed by atoms with van der Waals surface area (Å²) in [5.74, 6) is 0. The monoisotopic (exact) mass is 566 g/mol.